The van der Waals surface area contributed by atoms with E-state index in [1.54, 1.807) is 31.5 Å². The number of hydrogen-bond acceptors (Lipinski definition) is 7. The third-order valence-corrected chi connectivity index (χ3v) is 6.67. The van der Waals surface area contributed by atoms with Crippen molar-refractivity contribution in [2.45, 2.75) is 20.3 Å². The van der Waals surface area contributed by atoms with Gasteiger partial charge in [0.2, 0.25) is 5.88 Å². The van der Waals surface area contributed by atoms with E-state index in [-0.39, 0.29) is 31.3 Å². The molecule has 4 aromatic rings. The fourth-order valence-corrected chi connectivity index (χ4v) is 4.60. The van der Waals surface area contributed by atoms with Gasteiger partial charge in [-0.25, -0.2) is 19.2 Å². The summed E-state index contributed by atoms with van der Waals surface area (Å²) >= 11 is 0. The molecular weight excluding hydrogens is 489 g/mol. The fourth-order valence-electron chi connectivity index (χ4n) is 4.60. The molecule has 1 aliphatic rings. The number of carbonyl (C=O) groups excluding carboxylic acids is 1. The van der Waals surface area contributed by atoms with Gasteiger partial charge in [0.1, 0.15) is 12.4 Å². The van der Waals surface area contributed by atoms with E-state index in [1.807, 2.05) is 19.1 Å². The Morgan fingerprint density at radius 1 is 1.34 bits per heavy atom. The molecule has 1 unspecified atom stereocenters. The van der Waals surface area contributed by atoms with E-state index < -0.39 is 17.3 Å². The molecule has 1 atom stereocenters. The van der Waals surface area contributed by atoms with E-state index in [0.717, 1.165) is 10.9 Å². The van der Waals surface area contributed by atoms with Crippen molar-refractivity contribution in [3.05, 3.63) is 54.1 Å². The lowest BCUT2D eigenvalue weighted by Crippen LogP contribution is -2.34. The van der Waals surface area contributed by atoms with Gasteiger partial charge in [-0.05, 0) is 61.2 Å². The van der Waals surface area contributed by atoms with Gasteiger partial charge in [-0.1, -0.05) is 0 Å². The van der Waals surface area contributed by atoms with Crippen LogP contribution in [0.1, 0.15) is 18.9 Å². The van der Waals surface area contributed by atoms with Crippen LogP contribution < -0.4 is 10.1 Å². The number of aryl methyl sites for hydroxylation is 1. The number of carbonyl (C=O) groups is 1. The first-order valence-corrected chi connectivity index (χ1v) is 12.1. The molecule has 0 bridgehead atoms. The highest BCUT2D eigenvalue weighted by Gasteiger charge is 2.36. The van der Waals surface area contributed by atoms with Crippen LogP contribution in [0.5, 0.6) is 5.88 Å². The molecule has 0 saturated carbocycles. The zero-order valence-corrected chi connectivity index (χ0v) is 21.0. The average molecular weight is 516 g/mol. The Morgan fingerprint density at radius 2 is 2.18 bits per heavy atom. The summed E-state index contributed by atoms with van der Waals surface area (Å²) < 4.78 is 20.6. The fraction of sp³-hybridized carbons (Fsp3) is 0.296. The number of hydrogen-bond donors (Lipinski definition) is 3. The van der Waals surface area contributed by atoms with E-state index in [1.165, 1.54) is 11.0 Å². The number of aliphatic hydroxyl groups is 1. The Kier molecular flexibility index (Phi) is 6.65. The summed E-state index contributed by atoms with van der Waals surface area (Å²) in [6, 6.07) is 10.1. The van der Waals surface area contributed by atoms with E-state index >= 15 is 0 Å². The van der Waals surface area contributed by atoms with Crippen LogP contribution in [-0.4, -0.2) is 62.5 Å². The maximum atomic E-state index is 15.0. The zero-order valence-electron chi connectivity index (χ0n) is 21.0. The highest BCUT2D eigenvalue weighted by atomic mass is 19.1. The number of anilines is 1. The van der Waals surface area contributed by atoms with E-state index in [0.29, 0.717) is 41.0 Å². The summed E-state index contributed by atoms with van der Waals surface area (Å²) in [4.78, 5) is 23.3. The number of aliphatic hydroxyl groups excluding tert-OH is 1. The molecule has 1 aliphatic heterocycles. The monoisotopic (exact) mass is 515 g/mol. The lowest BCUT2D eigenvalue weighted by atomic mass is 9.92. The molecular formula is C27H26FN7O3. The van der Waals surface area contributed by atoms with Crippen molar-refractivity contribution in [1.82, 2.24) is 25.1 Å². The number of likely N-dealkylation sites (tertiary alicyclic amines) is 1. The normalized spacial score (nSPS) is 17.0. The number of nitriles is 1. The predicted molar refractivity (Wildman–Crippen MR) is 139 cm³/mol. The molecule has 11 heteroatoms. The van der Waals surface area contributed by atoms with Crippen molar-refractivity contribution in [3.8, 4) is 34.3 Å². The number of ether oxygens (including phenoxy) is 1. The molecule has 0 spiro atoms. The van der Waals surface area contributed by atoms with Crippen LogP contribution in [0.25, 0.3) is 33.4 Å². The Hall–Kier alpha value is -4.56. The first-order chi connectivity index (χ1) is 18.3. The maximum absolute atomic E-state index is 15.0. The second-order valence-electron chi connectivity index (χ2n) is 9.56. The molecule has 1 saturated heterocycles. The van der Waals surface area contributed by atoms with E-state index in [4.69, 9.17) is 4.74 Å². The number of pyridine rings is 2. The van der Waals surface area contributed by atoms with Gasteiger partial charge in [0.05, 0.1) is 35.7 Å². The molecule has 0 radical (unpaired) electrons. The second kappa shape index (κ2) is 10.1. The smallest absolute Gasteiger partial charge is 0.321 e. The summed E-state index contributed by atoms with van der Waals surface area (Å²) in [6.45, 7) is 4.15. The number of nitrogens with one attached hydrogen (secondary N) is 2. The van der Waals surface area contributed by atoms with Crippen LogP contribution in [0, 0.1) is 29.5 Å². The lowest BCUT2D eigenvalue weighted by molar-refractivity contribution is 0.197. The number of halogens is 1. The third-order valence-electron chi connectivity index (χ3n) is 6.67. The average Bonchev–Trinajstić information content (AvgIpc) is 3.56. The maximum Gasteiger partial charge on any atom is 0.321 e. The second-order valence-corrected chi connectivity index (χ2v) is 9.56. The molecule has 38 heavy (non-hydrogen) atoms. The number of rotatable bonds is 6. The molecule has 3 N–H and O–H groups in total. The molecule has 4 heterocycles. The summed E-state index contributed by atoms with van der Waals surface area (Å²) in [7, 11) is 0. The molecule has 1 fully saturated rings. The van der Waals surface area contributed by atoms with Crippen molar-refractivity contribution < 1.29 is 19.0 Å². The summed E-state index contributed by atoms with van der Waals surface area (Å²) in [5.41, 5.74) is 3.35. The van der Waals surface area contributed by atoms with Crippen LogP contribution in [0.15, 0.2) is 42.7 Å². The first-order valence-electron chi connectivity index (χ1n) is 12.1. The predicted octanol–water partition coefficient (Wildman–Crippen LogP) is 4.27. The molecule has 2 amide bonds. The van der Waals surface area contributed by atoms with Gasteiger partial charge in [-0.3, -0.25) is 5.10 Å². The minimum atomic E-state index is -0.611. The SMILES string of the molecule is Cc1cc(F)c(NC(=O)N2CCC(C)(C#N)C2)cc1-c1cc(OCCO)nc(-c2ccnc3[nH]ncc23)c1. The highest BCUT2D eigenvalue weighted by molar-refractivity contribution is 5.93. The first kappa shape index (κ1) is 25.1. The molecule has 194 valence electrons. The van der Waals surface area contributed by atoms with E-state index in [9.17, 15) is 19.6 Å². The van der Waals surface area contributed by atoms with Crippen molar-refractivity contribution >= 4 is 22.8 Å². The molecule has 10 nitrogen and oxygen atoms in total. The number of aromatic nitrogens is 4. The Labute approximate surface area is 218 Å². The van der Waals surface area contributed by atoms with Gasteiger partial charge in [-0.15, -0.1) is 0 Å². The van der Waals surface area contributed by atoms with Gasteiger partial charge in [0.15, 0.2) is 5.65 Å². The Bertz CT molecular complexity index is 1560. The zero-order chi connectivity index (χ0) is 26.9. The topological polar surface area (TPSA) is 140 Å². The Balaban J connectivity index is 1.53. The number of H-pyrrole nitrogens is 1. The number of aromatic amines is 1. The van der Waals surface area contributed by atoms with Crippen molar-refractivity contribution in [3.63, 3.8) is 0 Å². The van der Waals surface area contributed by atoms with Crippen molar-refractivity contribution in [1.29, 1.82) is 5.26 Å². The van der Waals surface area contributed by atoms with Crippen LogP contribution in [0.4, 0.5) is 14.9 Å². The standard InChI is InChI=1S/C27H26FN7O3/c1-16-9-21(28)23(33-26(37)35-6-4-27(2,14-29)15-35)12-19(16)17-10-22(32-24(11-17)38-8-7-36)18-3-5-30-25-20(18)13-31-34-25/h3,5,9-13,36H,4,6-8,15H2,1-2H3,(H,33,37)(H,30,31,34). The number of nitrogens with zero attached hydrogens (tertiary/aromatic N) is 5. The minimum absolute atomic E-state index is 0.0264. The largest absolute Gasteiger partial charge is 0.475 e. The van der Waals surface area contributed by atoms with Crippen LogP contribution in [0.2, 0.25) is 0 Å². The van der Waals surface area contributed by atoms with Crippen LogP contribution in [0.3, 0.4) is 0 Å². The minimum Gasteiger partial charge on any atom is -0.475 e. The summed E-state index contributed by atoms with van der Waals surface area (Å²) in [5, 5.41) is 29.0. The van der Waals surface area contributed by atoms with Gasteiger partial charge in [-0.2, -0.15) is 10.4 Å². The number of fused-ring (bicyclic) bond motifs is 1. The van der Waals surface area contributed by atoms with Gasteiger partial charge in [0.25, 0.3) is 0 Å². The third kappa shape index (κ3) is 4.86. The van der Waals surface area contributed by atoms with Gasteiger partial charge in [0, 0.05) is 36.3 Å². The summed E-state index contributed by atoms with van der Waals surface area (Å²) in [5.74, 6) is -0.288. The summed E-state index contributed by atoms with van der Waals surface area (Å²) in [6.07, 6.45) is 3.87. The molecule has 3 aromatic heterocycles. The number of benzene rings is 1. The molecule has 1 aromatic carbocycles. The van der Waals surface area contributed by atoms with Crippen LogP contribution in [-0.2, 0) is 0 Å². The number of amides is 2. The number of urea groups is 1. The van der Waals surface area contributed by atoms with Crippen molar-refractivity contribution in [2.75, 3.05) is 31.6 Å². The van der Waals surface area contributed by atoms with Gasteiger partial charge < -0.3 is 20.1 Å². The van der Waals surface area contributed by atoms with Crippen LogP contribution >= 0.6 is 0 Å². The Morgan fingerprint density at radius 3 is 2.95 bits per heavy atom. The lowest BCUT2D eigenvalue weighted by Gasteiger charge is -2.20. The van der Waals surface area contributed by atoms with Crippen molar-refractivity contribution in [2.24, 2.45) is 5.41 Å². The molecule has 5 rings (SSSR count). The molecule has 0 aliphatic carbocycles. The van der Waals surface area contributed by atoms with Gasteiger partial charge >= 0.3 is 6.03 Å². The van der Waals surface area contributed by atoms with E-state index in [2.05, 4.69) is 31.6 Å². The quantitative estimate of drug-likeness (QED) is 0.348. The highest BCUT2D eigenvalue weighted by Crippen LogP contribution is 2.35.